The van der Waals surface area contributed by atoms with Gasteiger partial charge in [0.05, 0.1) is 16.5 Å². The monoisotopic (exact) mass is 457 g/mol. The predicted molar refractivity (Wildman–Crippen MR) is 122 cm³/mol. The number of carboxylic acids is 1. The van der Waals surface area contributed by atoms with E-state index in [1.165, 1.54) is 22.5 Å². The van der Waals surface area contributed by atoms with Gasteiger partial charge in [-0.3, -0.25) is 0 Å². The van der Waals surface area contributed by atoms with E-state index in [-0.39, 0.29) is 23.0 Å². The lowest BCUT2D eigenvalue weighted by Gasteiger charge is -2.31. The van der Waals surface area contributed by atoms with Crippen LogP contribution in [-0.2, 0) is 16.6 Å². The number of carbonyl (C=O) groups is 1. The average molecular weight is 458 g/mol. The van der Waals surface area contributed by atoms with E-state index in [9.17, 15) is 18.3 Å². The molecule has 3 rings (SSSR count). The molecule has 0 radical (unpaired) electrons. The van der Waals surface area contributed by atoms with Gasteiger partial charge in [-0.15, -0.1) is 0 Å². The smallest absolute Gasteiger partial charge is 0.335 e. The molecule has 0 aromatic heterocycles. The molecule has 31 heavy (non-hydrogen) atoms. The molecule has 0 fully saturated rings. The Hall–Kier alpha value is -2.67. The van der Waals surface area contributed by atoms with Gasteiger partial charge in [0.15, 0.2) is 0 Å². The van der Waals surface area contributed by atoms with Gasteiger partial charge in [0.1, 0.15) is 0 Å². The van der Waals surface area contributed by atoms with Gasteiger partial charge in [0.2, 0.25) is 10.0 Å². The van der Waals surface area contributed by atoms with Crippen LogP contribution in [0.25, 0.3) is 0 Å². The lowest BCUT2D eigenvalue weighted by atomic mass is 10.0. The van der Waals surface area contributed by atoms with Crippen LogP contribution in [0.15, 0.2) is 77.7 Å². The minimum Gasteiger partial charge on any atom is -0.478 e. The summed E-state index contributed by atoms with van der Waals surface area (Å²) in [5, 5.41) is 9.76. The molecule has 3 aromatic carbocycles. The second-order valence-electron chi connectivity index (χ2n) is 7.29. The van der Waals surface area contributed by atoms with Crippen molar-refractivity contribution in [3.8, 4) is 0 Å². The Labute approximate surface area is 188 Å². The van der Waals surface area contributed by atoms with Gasteiger partial charge in [-0.25, -0.2) is 13.2 Å². The van der Waals surface area contributed by atoms with Crippen LogP contribution in [0.2, 0.25) is 5.02 Å². The lowest BCUT2D eigenvalue weighted by molar-refractivity contribution is 0.0696. The van der Waals surface area contributed by atoms with Crippen molar-refractivity contribution >= 4 is 27.6 Å². The molecule has 0 saturated carbocycles. The zero-order chi connectivity index (χ0) is 22.6. The number of halogens is 1. The van der Waals surface area contributed by atoms with Crippen LogP contribution in [0.5, 0.6) is 0 Å². The first-order chi connectivity index (χ1) is 14.7. The number of carboxylic acid groups (broad SMARTS) is 1. The zero-order valence-electron chi connectivity index (χ0n) is 17.3. The van der Waals surface area contributed by atoms with Gasteiger partial charge >= 0.3 is 5.97 Å². The summed E-state index contributed by atoms with van der Waals surface area (Å²) >= 11 is 5.96. The molecule has 0 spiro atoms. The number of nitrogens with zero attached hydrogens (tertiary/aromatic N) is 1. The summed E-state index contributed by atoms with van der Waals surface area (Å²) < 4.78 is 28.8. The van der Waals surface area contributed by atoms with Crippen LogP contribution in [0.3, 0.4) is 0 Å². The number of aromatic carboxylic acids is 1. The van der Waals surface area contributed by atoms with Crippen LogP contribution in [-0.4, -0.2) is 23.8 Å². The van der Waals surface area contributed by atoms with E-state index in [1.807, 2.05) is 37.3 Å². The molecule has 0 aliphatic heterocycles. The van der Waals surface area contributed by atoms with E-state index in [1.54, 1.807) is 31.2 Å². The average Bonchev–Trinajstić information content (AvgIpc) is 2.74. The van der Waals surface area contributed by atoms with E-state index < -0.39 is 16.0 Å². The third-order valence-electron chi connectivity index (χ3n) is 5.20. The van der Waals surface area contributed by atoms with E-state index >= 15 is 0 Å². The Kier molecular flexibility index (Phi) is 7.15. The molecule has 0 heterocycles. The summed E-state index contributed by atoms with van der Waals surface area (Å²) in [6.45, 7) is 3.76. The molecule has 0 saturated heterocycles. The van der Waals surface area contributed by atoms with Crippen molar-refractivity contribution in [3.63, 3.8) is 0 Å². The van der Waals surface area contributed by atoms with Gasteiger partial charge < -0.3 is 5.11 Å². The van der Waals surface area contributed by atoms with Gasteiger partial charge in [0.25, 0.3) is 0 Å². The van der Waals surface area contributed by atoms with Crippen molar-refractivity contribution in [2.24, 2.45) is 0 Å². The molecule has 0 aliphatic carbocycles. The fourth-order valence-corrected chi connectivity index (χ4v) is 5.43. The summed E-state index contributed by atoms with van der Waals surface area (Å²) in [6.07, 6.45) is 0.572. The number of rotatable bonds is 8. The maximum absolute atomic E-state index is 13.7. The highest BCUT2D eigenvalue weighted by atomic mass is 35.5. The second-order valence-corrected chi connectivity index (χ2v) is 9.62. The molecule has 7 heteroatoms. The Bertz CT molecular complexity index is 1160. The van der Waals surface area contributed by atoms with Gasteiger partial charge in [-0.1, -0.05) is 61.0 Å². The summed E-state index contributed by atoms with van der Waals surface area (Å²) in [5.74, 6) is -1.01. The first-order valence-electron chi connectivity index (χ1n) is 9.89. The Morgan fingerprint density at radius 3 is 2.23 bits per heavy atom. The van der Waals surface area contributed by atoms with E-state index in [0.717, 1.165) is 11.1 Å². The Morgan fingerprint density at radius 1 is 1.03 bits per heavy atom. The largest absolute Gasteiger partial charge is 0.478 e. The molecule has 3 aromatic rings. The van der Waals surface area contributed by atoms with Crippen molar-refractivity contribution in [1.82, 2.24) is 4.31 Å². The standard InChI is InChI=1S/C24H24ClNO4S/c1-3-23(19-7-5-4-6-8-19)26(31(29,30)21-12-10-20(25)11-13-21)16-18-9-14-22(24(27)28)17(2)15-18/h4-15,23H,3,16H2,1-2H3,(H,27,28)/t23-/m0/s1. The van der Waals surface area contributed by atoms with E-state index in [2.05, 4.69) is 0 Å². The highest BCUT2D eigenvalue weighted by Crippen LogP contribution is 2.32. The van der Waals surface area contributed by atoms with E-state index in [0.29, 0.717) is 17.0 Å². The SMILES string of the molecule is CC[C@@H](c1ccccc1)N(Cc1ccc(C(=O)O)c(C)c1)S(=O)(=O)c1ccc(Cl)cc1. The highest BCUT2D eigenvalue weighted by Gasteiger charge is 2.32. The summed E-state index contributed by atoms with van der Waals surface area (Å²) in [7, 11) is -3.86. The quantitative estimate of drug-likeness (QED) is 0.471. The van der Waals surface area contributed by atoms with Gasteiger partial charge in [-0.05, 0) is 60.4 Å². The van der Waals surface area contributed by atoms with Crippen LogP contribution in [0.1, 0.15) is 46.4 Å². The number of aryl methyl sites for hydroxylation is 1. The van der Waals surface area contributed by atoms with Crippen LogP contribution in [0.4, 0.5) is 0 Å². The van der Waals surface area contributed by atoms with Crippen LogP contribution >= 0.6 is 11.6 Å². The lowest BCUT2D eigenvalue weighted by Crippen LogP contribution is -2.34. The highest BCUT2D eigenvalue weighted by molar-refractivity contribution is 7.89. The second kappa shape index (κ2) is 9.64. The number of hydrogen-bond acceptors (Lipinski definition) is 3. The van der Waals surface area contributed by atoms with Crippen molar-refractivity contribution in [3.05, 3.63) is 100 Å². The molecule has 0 amide bonds. The third-order valence-corrected chi connectivity index (χ3v) is 7.32. The number of hydrogen-bond donors (Lipinski definition) is 1. The molecule has 0 bridgehead atoms. The molecule has 162 valence electrons. The van der Waals surface area contributed by atoms with Gasteiger partial charge in [0, 0.05) is 11.6 Å². The molecule has 1 N–H and O–H groups in total. The van der Waals surface area contributed by atoms with Crippen molar-refractivity contribution < 1.29 is 18.3 Å². The van der Waals surface area contributed by atoms with E-state index in [4.69, 9.17) is 11.6 Å². The molecule has 5 nitrogen and oxygen atoms in total. The van der Waals surface area contributed by atoms with Crippen molar-refractivity contribution in [2.45, 2.75) is 37.8 Å². The van der Waals surface area contributed by atoms with Gasteiger partial charge in [-0.2, -0.15) is 4.31 Å². The molecular weight excluding hydrogens is 434 g/mol. The minimum absolute atomic E-state index is 0.110. The molecular formula is C24H24ClNO4S. The van der Waals surface area contributed by atoms with Crippen LogP contribution in [0, 0.1) is 6.92 Å². The summed E-state index contributed by atoms with van der Waals surface area (Å²) in [4.78, 5) is 11.5. The summed E-state index contributed by atoms with van der Waals surface area (Å²) in [6, 6.07) is 20.1. The first-order valence-corrected chi connectivity index (χ1v) is 11.7. The Morgan fingerprint density at radius 2 is 1.68 bits per heavy atom. The molecule has 0 aliphatic rings. The fourth-order valence-electron chi connectivity index (χ4n) is 3.63. The number of benzene rings is 3. The number of sulfonamides is 1. The van der Waals surface area contributed by atoms with Crippen molar-refractivity contribution in [2.75, 3.05) is 0 Å². The fraction of sp³-hybridized carbons (Fsp3) is 0.208. The normalized spacial score (nSPS) is 12.6. The Balaban J connectivity index is 2.09. The first kappa shape index (κ1) is 23.0. The molecule has 0 unspecified atom stereocenters. The molecule has 1 atom stereocenters. The predicted octanol–water partition coefficient (Wildman–Crippen LogP) is 5.69. The zero-order valence-corrected chi connectivity index (χ0v) is 18.9. The summed E-state index contributed by atoms with van der Waals surface area (Å²) in [5.41, 5.74) is 2.39. The van der Waals surface area contributed by atoms with Crippen LogP contribution < -0.4 is 0 Å². The maximum atomic E-state index is 13.7. The minimum atomic E-state index is -3.86. The van der Waals surface area contributed by atoms with Crippen molar-refractivity contribution in [1.29, 1.82) is 0 Å². The maximum Gasteiger partial charge on any atom is 0.335 e. The third kappa shape index (κ3) is 5.15. The topological polar surface area (TPSA) is 74.7 Å².